The Morgan fingerprint density at radius 1 is 0.610 bits per heavy atom. The fraction of sp³-hybridized carbons (Fsp3) is 0.0968. The third-order valence-corrected chi connectivity index (χ3v) is 9.30. The SMILES string of the molecule is CC(CBr)(c1ccc(Oc2ccc(C#N)c(C#N)c2)c(Br)c1)c1cc(Br)c(Oc2ccc(C#N)c(C#N)c2)c(Br)c1. The molecule has 4 aromatic rings. The summed E-state index contributed by atoms with van der Waals surface area (Å²) in [7, 11) is 0. The molecule has 200 valence electrons. The molecule has 4 aromatic carbocycles. The Labute approximate surface area is 270 Å². The number of hydrogen-bond acceptors (Lipinski definition) is 6. The minimum absolute atomic E-state index is 0.239. The monoisotopic (exact) mass is 792 g/mol. The zero-order chi connectivity index (χ0) is 29.7. The lowest BCUT2D eigenvalue weighted by Crippen LogP contribution is -2.25. The maximum Gasteiger partial charge on any atom is 0.155 e. The molecule has 0 saturated carbocycles. The van der Waals surface area contributed by atoms with Crippen molar-refractivity contribution in [2.45, 2.75) is 12.3 Å². The van der Waals surface area contributed by atoms with E-state index in [1.807, 2.05) is 54.6 Å². The van der Waals surface area contributed by atoms with E-state index in [2.05, 4.69) is 70.6 Å². The molecule has 0 aromatic heterocycles. The van der Waals surface area contributed by atoms with Gasteiger partial charge in [-0.2, -0.15) is 21.0 Å². The van der Waals surface area contributed by atoms with E-state index in [1.165, 1.54) is 6.07 Å². The molecule has 4 rings (SSSR count). The fourth-order valence-corrected chi connectivity index (χ4v) is 6.48. The fourth-order valence-electron chi connectivity index (χ4n) is 4.02. The molecule has 0 bridgehead atoms. The van der Waals surface area contributed by atoms with Crippen LogP contribution in [0.3, 0.4) is 0 Å². The van der Waals surface area contributed by atoms with E-state index >= 15 is 0 Å². The van der Waals surface area contributed by atoms with Crippen molar-refractivity contribution in [3.05, 3.63) is 114 Å². The van der Waals surface area contributed by atoms with Crippen LogP contribution in [0.15, 0.2) is 80.1 Å². The van der Waals surface area contributed by atoms with Crippen LogP contribution in [0.5, 0.6) is 23.0 Å². The largest absolute Gasteiger partial charge is 0.456 e. The van der Waals surface area contributed by atoms with Gasteiger partial charge in [0.15, 0.2) is 5.75 Å². The lowest BCUT2D eigenvalue weighted by atomic mass is 9.78. The minimum Gasteiger partial charge on any atom is -0.456 e. The van der Waals surface area contributed by atoms with E-state index in [4.69, 9.17) is 14.7 Å². The average Bonchev–Trinajstić information content (AvgIpc) is 2.99. The third-order valence-electron chi connectivity index (χ3n) is 6.38. The first-order valence-corrected chi connectivity index (χ1v) is 15.3. The number of ether oxygens (including phenoxy) is 2. The highest BCUT2D eigenvalue weighted by atomic mass is 79.9. The van der Waals surface area contributed by atoms with Gasteiger partial charge in [0.2, 0.25) is 0 Å². The van der Waals surface area contributed by atoms with Crippen LogP contribution in [0.1, 0.15) is 40.3 Å². The van der Waals surface area contributed by atoms with Gasteiger partial charge in [-0.3, -0.25) is 0 Å². The molecule has 41 heavy (non-hydrogen) atoms. The molecular weight excluding hydrogens is 780 g/mol. The summed E-state index contributed by atoms with van der Waals surface area (Å²) < 4.78 is 14.2. The Morgan fingerprint density at radius 3 is 1.56 bits per heavy atom. The summed E-state index contributed by atoms with van der Waals surface area (Å²) in [5.41, 5.74) is 2.60. The van der Waals surface area contributed by atoms with Crippen LogP contribution in [0.2, 0.25) is 0 Å². The summed E-state index contributed by atoms with van der Waals surface area (Å²) in [5, 5.41) is 37.6. The molecule has 0 heterocycles. The molecule has 6 nitrogen and oxygen atoms in total. The van der Waals surface area contributed by atoms with Crippen LogP contribution in [0.4, 0.5) is 0 Å². The number of nitriles is 4. The zero-order valence-electron chi connectivity index (χ0n) is 21.2. The molecule has 10 heteroatoms. The van der Waals surface area contributed by atoms with Crippen molar-refractivity contribution < 1.29 is 9.47 Å². The van der Waals surface area contributed by atoms with Crippen LogP contribution in [0, 0.1) is 45.3 Å². The van der Waals surface area contributed by atoms with Gasteiger partial charge in [-0.05, 0) is 120 Å². The summed E-state index contributed by atoms with van der Waals surface area (Å²) in [6.45, 7) is 2.11. The highest BCUT2D eigenvalue weighted by Gasteiger charge is 2.30. The molecule has 0 aliphatic carbocycles. The van der Waals surface area contributed by atoms with Gasteiger partial charge in [-0.15, -0.1) is 0 Å². The van der Waals surface area contributed by atoms with Crippen molar-refractivity contribution in [2.75, 3.05) is 5.33 Å². The van der Waals surface area contributed by atoms with Crippen molar-refractivity contribution in [3.8, 4) is 47.3 Å². The number of hydrogen-bond donors (Lipinski definition) is 0. The van der Waals surface area contributed by atoms with Crippen LogP contribution >= 0.6 is 63.7 Å². The first-order chi connectivity index (χ1) is 19.7. The van der Waals surface area contributed by atoms with Gasteiger partial charge < -0.3 is 9.47 Å². The molecule has 0 saturated heterocycles. The van der Waals surface area contributed by atoms with Gasteiger partial charge in [-0.25, -0.2) is 0 Å². The second-order valence-corrected chi connectivity index (χ2v) is 12.1. The summed E-state index contributed by atoms with van der Waals surface area (Å²) in [4.78, 5) is 0. The molecule has 0 radical (unpaired) electrons. The third kappa shape index (κ3) is 6.33. The molecule has 1 atom stereocenters. The van der Waals surface area contributed by atoms with Gasteiger partial charge in [0.05, 0.1) is 35.7 Å². The summed E-state index contributed by atoms with van der Waals surface area (Å²) in [6.07, 6.45) is 0. The Kier molecular flexibility index (Phi) is 9.54. The Bertz CT molecular complexity index is 1820. The highest BCUT2D eigenvalue weighted by molar-refractivity contribution is 9.11. The molecule has 0 spiro atoms. The number of rotatable bonds is 7. The van der Waals surface area contributed by atoms with Crippen molar-refractivity contribution >= 4 is 63.7 Å². The standard InChI is InChI=1S/C31H16Br4N4O2/c1-31(17-32,22-4-7-29(26(33)10-22)40-24-5-2-18(13-36)20(8-24)15-38)23-11-27(34)30(28(35)12-23)41-25-6-3-19(14-37)21(9-25)16-39/h2-12H,17H2,1H3. The maximum absolute atomic E-state index is 9.35. The van der Waals surface area contributed by atoms with E-state index < -0.39 is 5.41 Å². The summed E-state index contributed by atoms with van der Waals surface area (Å²) in [5.74, 6) is 1.97. The zero-order valence-corrected chi connectivity index (χ0v) is 27.5. The molecule has 0 aliphatic rings. The van der Waals surface area contributed by atoms with Crippen molar-refractivity contribution in [3.63, 3.8) is 0 Å². The predicted octanol–water partition coefficient (Wildman–Crippen LogP) is 9.75. The van der Waals surface area contributed by atoms with Crippen molar-refractivity contribution in [2.24, 2.45) is 0 Å². The Balaban J connectivity index is 1.64. The maximum atomic E-state index is 9.35. The first-order valence-electron chi connectivity index (χ1n) is 11.8. The second-order valence-electron chi connectivity index (χ2n) is 8.95. The lowest BCUT2D eigenvalue weighted by molar-refractivity contribution is 0.475. The molecule has 0 aliphatic heterocycles. The smallest absolute Gasteiger partial charge is 0.155 e. The van der Waals surface area contributed by atoms with Gasteiger partial charge >= 0.3 is 0 Å². The topological polar surface area (TPSA) is 114 Å². The normalized spacial score (nSPS) is 11.7. The lowest BCUT2D eigenvalue weighted by Gasteiger charge is -2.30. The quantitative estimate of drug-likeness (QED) is 0.172. The van der Waals surface area contributed by atoms with Gasteiger partial charge in [0, 0.05) is 10.7 Å². The highest BCUT2D eigenvalue weighted by Crippen LogP contribution is 2.44. The van der Waals surface area contributed by atoms with Crippen LogP contribution in [-0.2, 0) is 5.41 Å². The van der Waals surface area contributed by atoms with Gasteiger partial charge in [0.1, 0.15) is 41.5 Å². The number of halogens is 4. The Morgan fingerprint density at radius 2 is 1.10 bits per heavy atom. The molecule has 0 N–H and O–H groups in total. The second kappa shape index (κ2) is 12.9. The Hall–Kier alpha value is -3.64. The van der Waals surface area contributed by atoms with E-state index in [0.717, 1.165) is 15.6 Å². The molecular formula is C31H16Br4N4O2. The van der Waals surface area contributed by atoms with Gasteiger partial charge in [0.25, 0.3) is 0 Å². The number of benzene rings is 4. The van der Waals surface area contributed by atoms with E-state index in [9.17, 15) is 15.8 Å². The van der Waals surface area contributed by atoms with Crippen molar-refractivity contribution in [1.29, 1.82) is 21.0 Å². The van der Waals surface area contributed by atoms with Crippen LogP contribution in [-0.4, -0.2) is 5.33 Å². The molecule has 1 unspecified atom stereocenters. The average molecular weight is 796 g/mol. The number of nitrogens with zero attached hydrogens (tertiary/aromatic N) is 4. The molecule has 0 fully saturated rings. The first kappa shape index (κ1) is 30.3. The molecule has 0 amide bonds. The van der Waals surface area contributed by atoms with Crippen molar-refractivity contribution in [1.82, 2.24) is 0 Å². The number of alkyl halides is 1. The van der Waals surface area contributed by atoms with Crippen LogP contribution in [0.25, 0.3) is 0 Å². The summed E-state index contributed by atoms with van der Waals surface area (Å²) >= 11 is 14.6. The van der Waals surface area contributed by atoms with E-state index in [-0.39, 0.29) is 16.7 Å². The van der Waals surface area contributed by atoms with E-state index in [1.54, 1.807) is 30.3 Å². The summed E-state index contributed by atoms with van der Waals surface area (Å²) in [6, 6.07) is 27.3. The predicted molar refractivity (Wildman–Crippen MR) is 168 cm³/mol. The van der Waals surface area contributed by atoms with Gasteiger partial charge in [-0.1, -0.05) is 28.9 Å². The minimum atomic E-state index is -0.463. The van der Waals surface area contributed by atoms with Crippen LogP contribution < -0.4 is 9.47 Å². The van der Waals surface area contributed by atoms with E-state index in [0.29, 0.717) is 42.8 Å².